The van der Waals surface area contributed by atoms with E-state index in [4.69, 9.17) is 5.73 Å². The molecule has 0 aromatic heterocycles. The van der Waals surface area contributed by atoms with Crippen LogP contribution in [0.3, 0.4) is 0 Å². The Balaban J connectivity index is 2.22. The molecule has 0 aliphatic carbocycles. The van der Waals surface area contributed by atoms with Gasteiger partial charge in [0.25, 0.3) is 0 Å². The lowest BCUT2D eigenvalue weighted by Gasteiger charge is -2.29. The van der Waals surface area contributed by atoms with Gasteiger partial charge in [-0.05, 0) is 26.3 Å². The van der Waals surface area contributed by atoms with Gasteiger partial charge in [0, 0.05) is 19.1 Å². The van der Waals surface area contributed by atoms with Gasteiger partial charge in [-0.3, -0.25) is 4.90 Å². The van der Waals surface area contributed by atoms with Crippen molar-refractivity contribution in [3.8, 4) is 0 Å². The van der Waals surface area contributed by atoms with Crippen molar-refractivity contribution in [3.63, 3.8) is 0 Å². The molecule has 2 nitrogen and oxygen atoms in total. The highest BCUT2D eigenvalue weighted by atomic mass is 15.1. The molecule has 0 spiro atoms. The van der Waals surface area contributed by atoms with Crippen molar-refractivity contribution in [2.45, 2.75) is 25.8 Å². The first-order valence-corrected chi connectivity index (χ1v) is 4.42. The predicted molar refractivity (Wildman–Crippen MR) is 48.5 cm³/mol. The molecule has 0 radical (unpaired) electrons. The number of nitrogens with two attached hydrogens (primary N) is 1. The van der Waals surface area contributed by atoms with Crippen LogP contribution < -0.4 is 5.73 Å². The van der Waals surface area contributed by atoms with Crippen molar-refractivity contribution >= 4 is 0 Å². The third kappa shape index (κ3) is 3.04. The first-order chi connectivity index (χ1) is 5.33. The summed E-state index contributed by atoms with van der Waals surface area (Å²) in [5.41, 5.74) is 5.83. The van der Waals surface area contributed by atoms with Gasteiger partial charge in [-0.15, -0.1) is 0 Å². The maximum atomic E-state index is 5.83. The number of likely N-dealkylation sites (tertiary alicyclic amines) is 1. The highest BCUT2D eigenvalue weighted by molar-refractivity contribution is 4.84. The van der Waals surface area contributed by atoms with Crippen LogP contribution in [0.1, 0.15) is 19.8 Å². The fourth-order valence-corrected chi connectivity index (χ4v) is 1.51. The lowest BCUT2D eigenvalue weighted by molar-refractivity contribution is 0.229. The van der Waals surface area contributed by atoms with E-state index in [1.165, 1.54) is 19.4 Å². The molecule has 11 heavy (non-hydrogen) atoms. The average molecular weight is 154 g/mol. The fraction of sp³-hybridized carbons (Fsp3) is 0.778. The minimum absolute atomic E-state index is 0.411. The third-order valence-electron chi connectivity index (χ3n) is 2.14. The Bertz CT molecular complexity index is 132. The van der Waals surface area contributed by atoms with Crippen LogP contribution in [0.25, 0.3) is 0 Å². The molecule has 1 aliphatic rings. The van der Waals surface area contributed by atoms with Crippen LogP contribution in [0, 0.1) is 0 Å². The lowest BCUT2D eigenvalue weighted by Crippen LogP contribution is -2.42. The highest BCUT2D eigenvalue weighted by Gasteiger charge is 2.14. The third-order valence-corrected chi connectivity index (χ3v) is 2.14. The smallest absolute Gasteiger partial charge is 0.0168 e. The minimum atomic E-state index is 0.411. The fourth-order valence-electron chi connectivity index (χ4n) is 1.51. The molecule has 0 amide bonds. The summed E-state index contributed by atoms with van der Waals surface area (Å²) in [5.74, 6) is 0. The van der Waals surface area contributed by atoms with E-state index in [9.17, 15) is 0 Å². The lowest BCUT2D eigenvalue weighted by atomic mass is 10.1. The van der Waals surface area contributed by atoms with Gasteiger partial charge >= 0.3 is 0 Å². The van der Waals surface area contributed by atoms with Gasteiger partial charge in [-0.1, -0.05) is 12.2 Å². The second-order valence-electron chi connectivity index (χ2n) is 3.23. The topological polar surface area (TPSA) is 29.3 Å². The van der Waals surface area contributed by atoms with E-state index in [-0.39, 0.29) is 0 Å². The molecule has 64 valence electrons. The van der Waals surface area contributed by atoms with Crippen molar-refractivity contribution in [2.75, 3.05) is 19.6 Å². The van der Waals surface area contributed by atoms with Gasteiger partial charge in [0.1, 0.15) is 0 Å². The first kappa shape index (κ1) is 8.75. The molecule has 2 heteroatoms. The molecule has 1 unspecified atom stereocenters. The summed E-state index contributed by atoms with van der Waals surface area (Å²) in [6, 6.07) is 0.411. The number of piperidine rings is 1. The van der Waals surface area contributed by atoms with Crippen molar-refractivity contribution in [3.05, 3.63) is 12.2 Å². The van der Waals surface area contributed by atoms with Gasteiger partial charge in [0.2, 0.25) is 0 Å². The standard InChI is InChI=1S/C9H18N2/c1-2-3-6-11-7-4-5-9(10)8-11/h2-3,9H,4-8,10H2,1H3. The molecule has 1 aliphatic heterocycles. The van der Waals surface area contributed by atoms with Crippen LogP contribution in [0.2, 0.25) is 0 Å². The Morgan fingerprint density at radius 1 is 1.64 bits per heavy atom. The highest BCUT2D eigenvalue weighted by Crippen LogP contribution is 2.07. The van der Waals surface area contributed by atoms with Gasteiger partial charge in [-0.2, -0.15) is 0 Å². The molecule has 0 aromatic carbocycles. The number of hydrogen-bond acceptors (Lipinski definition) is 2. The van der Waals surface area contributed by atoms with Crippen LogP contribution >= 0.6 is 0 Å². The number of allylic oxidation sites excluding steroid dienone is 1. The van der Waals surface area contributed by atoms with Gasteiger partial charge in [-0.25, -0.2) is 0 Å². The Hall–Kier alpha value is -0.340. The summed E-state index contributed by atoms with van der Waals surface area (Å²) in [7, 11) is 0. The van der Waals surface area contributed by atoms with E-state index >= 15 is 0 Å². The van der Waals surface area contributed by atoms with Crippen molar-refractivity contribution in [2.24, 2.45) is 5.73 Å². The van der Waals surface area contributed by atoms with Gasteiger partial charge in [0.15, 0.2) is 0 Å². The van der Waals surface area contributed by atoms with E-state index < -0.39 is 0 Å². The predicted octanol–water partition coefficient (Wildman–Crippen LogP) is 0.986. The summed E-state index contributed by atoms with van der Waals surface area (Å²) in [4.78, 5) is 2.41. The van der Waals surface area contributed by atoms with Crippen molar-refractivity contribution < 1.29 is 0 Å². The molecule has 1 atom stereocenters. The zero-order chi connectivity index (χ0) is 8.10. The van der Waals surface area contributed by atoms with E-state index in [2.05, 4.69) is 24.0 Å². The quantitative estimate of drug-likeness (QED) is 0.601. The molecule has 0 aromatic rings. The monoisotopic (exact) mass is 154 g/mol. The normalized spacial score (nSPS) is 28.0. The molecule has 1 heterocycles. The van der Waals surface area contributed by atoms with Crippen LogP contribution in [-0.4, -0.2) is 30.6 Å². The molecule has 0 bridgehead atoms. The molecule has 2 N–H and O–H groups in total. The first-order valence-electron chi connectivity index (χ1n) is 4.42. The van der Waals surface area contributed by atoms with E-state index in [1.54, 1.807) is 0 Å². The molecule has 1 fully saturated rings. The van der Waals surface area contributed by atoms with Crippen LogP contribution in [0.4, 0.5) is 0 Å². The minimum Gasteiger partial charge on any atom is -0.327 e. The summed E-state index contributed by atoms with van der Waals surface area (Å²) in [5, 5.41) is 0. The Morgan fingerprint density at radius 2 is 2.45 bits per heavy atom. The SMILES string of the molecule is CC=CCN1CCCC(N)C1. The second-order valence-corrected chi connectivity index (χ2v) is 3.23. The average Bonchev–Trinajstić information content (AvgIpc) is 2.01. The van der Waals surface area contributed by atoms with Gasteiger partial charge in [0.05, 0.1) is 0 Å². The zero-order valence-corrected chi connectivity index (χ0v) is 7.29. The van der Waals surface area contributed by atoms with E-state index in [0.29, 0.717) is 6.04 Å². The van der Waals surface area contributed by atoms with E-state index in [0.717, 1.165) is 13.1 Å². The van der Waals surface area contributed by atoms with Crippen LogP contribution in [0.15, 0.2) is 12.2 Å². The molecule has 0 saturated carbocycles. The Morgan fingerprint density at radius 3 is 3.09 bits per heavy atom. The number of nitrogens with zero attached hydrogens (tertiary/aromatic N) is 1. The summed E-state index contributed by atoms with van der Waals surface area (Å²) in [6.45, 7) is 5.43. The Kier molecular flexibility index (Phi) is 3.60. The van der Waals surface area contributed by atoms with Crippen molar-refractivity contribution in [1.82, 2.24) is 4.90 Å². The number of hydrogen-bond donors (Lipinski definition) is 1. The maximum absolute atomic E-state index is 5.83. The largest absolute Gasteiger partial charge is 0.327 e. The summed E-state index contributed by atoms with van der Waals surface area (Å²) < 4.78 is 0. The molecular weight excluding hydrogens is 136 g/mol. The van der Waals surface area contributed by atoms with E-state index in [1.807, 2.05) is 0 Å². The molecule has 1 saturated heterocycles. The molecular formula is C9H18N2. The number of rotatable bonds is 2. The Labute approximate surface area is 69.1 Å². The van der Waals surface area contributed by atoms with Gasteiger partial charge < -0.3 is 5.73 Å². The maximum Gasteiger partial charge on any atom is 0.0168 e. The van der Waals surface area contributed by atoms with Crippen molar-refractivity contribution in [1.29, 1.82) is 0 Å². The summed E-state index contributed by atoms with van der Waals surface area (Å²) >= 11 is 0. The summed E-state index contributed by atoms with van der Waals surface area (Å²) in [6.07, 6.45) is 6.75. The van der Waals surface area contributed by atoms with Crippen LogP contribution in [0.5, 0.6) is 0 Å². The second kappa shape index (κ2) is 4.52. The zero-order valence-electron chi connectivity index (χ0n) is 7.29. The molecule has 1 rings (SSSR count). The van der Waals surface area contributed by atoms with Crippen LogP contribution in [-0.2, 0) is 0 Å².